The molecule has 2 aromatic carbocycles. The molecule has 12 nitrogen and oxygen atoms in total. The second kappa shape index (κ2) is 10.2. The van der Waals surface area contributed by atoms with Crippen LogP contribution in [0.2, 0.25) is 0 Å². The molecule has 4 aliphatic heterocycles. The first-order valence-corrected chi connectivity index (χ1v) is 13.7. The molecule has 3 N–H and O–H groups in total. The monoisotopic (exact) mass is 571 g/mol. The number of aromatic hydroxyl groups is 1. The first kappa shape index (κ1) is 26.6. The number of hydrogen-bond donors (Lipinski definition) is 2. The van der Waals surface area contributed by atoms with Gasteiger partial charge >= 0.3 is 5.97 Å². The fourth-order valence-corrected chi connectivity index (χ4v) is 6.82. The molecule has 7 rings (SSSR count). The number of ether oxygens (including phenoxy) is 9. The van der Waals surface area contributed by atoms with Gasteiger partial charge in [-0.05, 0) is 47.9 Å². The Morgan fingerprint density at radius 1 is 0.951 bits per heavy atom. The zero-order chi connectivity index (χ0) is 28.4. The van der Waals surface area contributed by atoms with Crippen LogP contribution in [0.3, 0.4) is 0 Å². The van der Waals surface area contributed by atoms with Crippen molar-refractivity contribution in [2.75, 3.05) is 34.2 Å². The number of rotatable bonds is 5. The van der Waals surface area contributed by atoms with Crippen molar-refractivity contribution in [2.24, 2.45) is 17.6 Å². The standard InChI is InChI=1S/C29H33NO11/c1-12-35-10-22-28(39-12)17(30)8-23(40-22)41-27-15-7-19-18(37-11-38-19)6-14(15)24(16-9-36-29(32)25(16)27)13-4-20(33-2)26(31)21(5-13)34-3/h4-7,12,16-17,22-25,27-28,31H,8-11,30H2,1-3H3/t12-,16-,17+,22?,23-,24+,25+,27-,28?/m0/s1. The predicted molar refractivity (Wildman–Crippen MR) is 139 cm³/mol. The van der Waals surface area contributed by atoms with Gasteiger partial charge in [0.2, 0.25) is 12.5 Å². The van der Waals surface area contributed by atoms with Gasteiger partial charge in [-0.2, -0.15) is 0 Å². The van der Waals surface area contributed by atoms with Crippen LogP contribution >= 0.6 is 0 Å². The first-order chi connectivity index (χ1) is 19.9. The van der Waals surface area contributed by atoms with Crippen LogP contribution < -0.4 is 24.7 Å². The van der Waals surface area contributed by atoms with E-state index in [1.807, 2.05) is 19.1 Å². The highest BCUT2D eigenvalue weighted by Crippen LogP contribution is 2.57. The maximum atomic E-state index is 13.4. The van der Waals surface area contributed by atoms with E-state index >= 15 is 0 Å². The van der Waals surface area contributed by atoms with E-state index in [4.69, 9.17) is 48.4 Å². The number of methoxy groups -OCH3 is 2. The topological polar surface area (TPSA) is 146 Å². The lowest BCUT2D eigenvalue weighted by molar-refractivity contribution is -0.321. The Hall–Kier alpha value is -3.29. The number of benzene rings is 2. The van der Waals surface area contributed by atoms with Crippen molar-refractivity contribution in [2.45, 2.75) is 56.2 Å². The van der Waals surface area contributed by atoms with Gasteiger partial charge in [0, 0.05) is 24.3 Å². The Labute approximate surface area is 236 Å². The Bertz CT molecular complexity index is 1330. The minimum absolute atomic E-state index is 0.0895. The molecule has 0 spiro atoms. The highest BCUT2D eigenvalue weighted by Gasteiger charge is 2.54. The highest BCUT2D eigenvalue weighted by molar-refractivity contribution is 5.78. The smallest absolute Gasteiger partial charge is 0.312 e. The molecular formula is C29H33NO11. The molecule has 2 aromatic rings. The molecule has 2 unspecified atom stereocenters. The molecule has 4 heterocycles. The normalized spacial score (nSPS) is 35.2. The number of carbonyl (C=O) groups is 1. The minimum atomic E-state index is -0.699. The summed E-state index contributed by atoms with van der Waals surface area (Å²) in [6, 6.07) is 6.97. The van der Waals surface area contributed by atoms with Gasteiger partial charge in [0.25, 0.3) is 0 Å². The third-order valence-corrected chi connectivity index (χ3v) is 8.71. The highest BCUT2D eigenvalue weighted by atomic mass is 16.7. The summed E-state index contributed by atoms with van der Waals surface area (Å²) in [5, 5.41) is 10.6. The third kappa shape index (κ3) is 4.36. The van der Waals surface area contributed by atoms with Gasteiger partial charge < -0.3 is 53.5 Å². The van der Waals surface area contributed by atoms with Crippen LogP contribution in [0.4, 0.5) is 0 Å². The summed E-state index contributed by atoms with van der Waals surface area (Å²) in [4.78, 5) is 13.4. The summed E-state index contributed by atoms with van der Waals surface area (Å²) in [7, 11) is 2.95. The molecule has 9 atom stereocenters. The molecule has 41 heavy (non-hydrogen) atoms. The van der Waals surface area contributed by atoms with Crippen LogP contribution in [0, 0.1) is 11.8 Å². The van der Waals surface area contributed by atoms with E-state index in [0.29, 0.717) is 24.5 Å². The van der Waals surface area contributed by atoms with Crippen LogP contribution in [-0.2, 0) is 28.5 Å². The summed E-state index contributed by atoms with van der Waals surface area (Å²) < 4.78 is 52.4. The Kier molecular flexibility index (Phi) is 6.62. The van der Waals surface area contributed by atoms with Gasteiger partial charge in [-0.15, -0.1) is 0 Å². The number of hydrogen-bond acceptors (Lipinski definition) is 12. The molecule has 5 aliphatic rings. The molecule has 220 valence electrons. The van der Waals surface area contributed by atoms with Crippen LogP contribution in [0.5, 0.6) is 28.7 Å². The first-order valence-electron chi connectivity index (χ1n) is 13.7. The molecule has 1 aliphatic carbocycles. The summed E-state index contributed by atoms with van der Waals surface area (Å²) in [5.41, 5.74) is 8.92. The largest absolute Gasteiger partial charge is 0.502 e. The number of cyclic esters (lactones) is 1. The maximum Gasteiger partial charge on any atom is 0.312 e. The number of phenolic OH excluding ortho intramolecular Hbond substituents is 1. The number of esters is 1. The third-order valence-electron chi connectivity index (χ3n) is 8.71. The SMILES string of the molecule is COc1cc([C@@H]2c3cc4c(cc3[C@H](O[C@H]3C[C@@H](N)C5O[C@@H](C)OCC5O3)[C@@H]3C(=O)OC[C@@H]23)OCO4)cc(OC)c1O. The number of phenols is 1. The molecule has 0 saturated carbocycles. The van der Waals surface area contributed by atoms with Crippen molar-refractivity contribution < 1.29 is 52.5 Å². The Morgan fingerprint density at radius 3 is 2.37 bits per heavy atom. The number of fused-ring (bicyclic) bond motifs is 4. The van der Waals surface area contributed by atoms with Crippen LogP contribution in [0.25, 0.3) is 0 Å². The van der Waals surface area contributed by atoms with E-state index in [-0.39, 0.29) is 66.9 Å². The van der Waals surface area contributed by atoms with Gasteiger partial charge in [0.1, 0.15) is 12.2 Å². The molecule has 0 bridgehead atoms. The zero-order valence-electron chi connectivity index (χ0n) is 22.9. The average molecular weight is 572 g/mol. The van der Waals surface area contributed by atoms with Crippen molar-refractivity contribution in [1.82, 2.24) is 0 Å². The fraction of sp³-hybridized carbons (Fsp3) is 0.552. The van der Waals surface area contributed by atoms with Crippen LogP contribution in [0.15, 0.2) is 24.3 Å². The number of carbonyl (C=O) groups excluding carboxylic acids is 1. The summed E-state index contributed by atoms with van der Waals surface area (Å²) in [6.07, 6.45) is -2.08. The lowest BCUT2D eigenvalue weighted by Crippen LogP contribution is -2.59. The quantitative estimate of drug-likeness (QED) is 0.508. The van der Waals surface area contributed by atoms with E-state index in [1.165, 1.54) is 14.2 Å². The van der Waals surface area contributed by atoms with Gasteiger partial charge in [-0.1, -0.05) is 0 Å². The van der Waals surface area contributed by atoms with Gasteiger partial charge in [-0.25, -0.2) is 0 Å². The van der Waals surface area contributed by atoms with Crippen molar-refractivity contribution in [3.63, 3.8) is 0 Å². The zero-order valence-corrected chi connectivity index (χ0v) is 22.9. The van der Waals surface area contributed by atoms with Crippen molar-refractivity contribution in [3.8, 4) is 28.7 Å². The van der Waals surface area contributed by atoms with Gasteiger partial charge in [-0.3, -0.25) is 4.79 Å². The fourth-order valence-electron chi connectivity index (χ4n) is 6.82. The predicted octanol–water partition coefficient (Wildman–Crippen LogP) is 2.33. The minimum Gasteiger partial charge on any atom is -0.502 e. The molecule has 0 aromatic heterocycles. The maximum absolute atomic E-state index is 13.4. The Morgan fingerprint density at radius 2 is 1.66 bits per heavy atom. The van der Waals surface area contributed by atoms with E-state index in [0.717, 1.165) is 16.7 Å². The van der Waals surface area contributed by atoms with E-state index in [1.54, 1.807) is 12.1 Å². The van der Waals surface area contributed by atoms with E-state index < -0.39 is 24.4 Å². The average Bonchev–Trinajstić information content (AvgIpc) is 3.59. The van der Waals surface area contributed by atoms with Crippen molar-refractivity contribution >= 4 is 5.97 Å². The van der Waals surface area contributed by atoms with Crippen molar-refractivity contribution in [1.29, 1.82) is 0 Å². The molecular weight excluding hydrogens is 538 g/mol. The lowest BCUT2D eigenvalue weighted by atomic mass is 9.66. The molecule has 3 saturated heterocycles. The molecule has 0 radical (unpaired) electrons. The van der Waals surface area contributed by atoms with Crippen molar-refractivity contribution in [3.05, 3.63) is 41.0 Å². The Balaban J connectivity index is 1.30. The second-order valence-corrected chi connectivity index (χ2v) is 11.0. The summed E-state index contributed by atoms with van der Waals surface area (Å²) >= 11 is 0. The van der Waals surface area contributed by atoms with Crippen LogP contribution in [0.1, 0.15) is 42.1 Å². The van der Waals surface area contributed by atoms with E-state index in [9.17, 15) is 9.90 Å². The molecule has 3 fully saturated rings. The summed E-state index contributed by atoms with van der Waals surface area (Å²) in [6.45, 7) is 2.44. The molecule has 0 amide bonds. The number of nitrogens with two attached hydrogens (primary N) is 1. The van der Waals surface area contributed by atoms with Crippen LogP contribution in [-0.4, -0.2) is 76.1 Å². The summed E-state index contributed by atoms with van der Waals surface area (Å²) in [5.74, 6) is -0.0708. The second-order valence-electron chi connectivity index (χ2n) is 11.0. The van der Waals surface area contributed by atoms with Gasteiger partial charge in [0.15, 0.2) is 35.6 Å². The molecule has 12 heteroatoms. The van der Waals surface area contributed by atoms with Gasteiger partial charge in [0.05, 0.1) is 39.5 Å². The van der Waals surface area contributed by atoms with E-state index in [2.05, 4.69) is 0 Å². The lowest BCUT2D eigenvalue weighted by Gasteiger charge is -2.46.